The molecule has 0 radical (unpaired) electrons. The van der Waals surface area contributed by atoms with Crippen LogP contribution in [0.25, 0.3) is 11.3 Å². The smallest absolute Gasteiger partial charge is 0.281 e. The lowest BCUT2D eigenvalue weighted by molar-refractivity contribution is 0.300. The quantitative estimate of drug-likeness (QED) is 0.893. The van der Waals surface area contributed by atoms with Gasteiger partial charge in [-0.1, -0.05) is 0 Å². The van der Waals surface area contributed by atoms with E-state index in [1.54, 1.807) is 38.9 Å². The van der Waals surface area contributed by atoms with Gasteiger partial charge < -0.3 is 0 Å². The number of H-pyrrole nitrogens is 1. The summed E-state index contributed by atoms with van der Waals surface area (Å²) in [7, 11) is -0.208. The average molecular weight is 336 g/mol. The van der Waals surface area contributed by atoms with Crippen molar-refractivity contribution in [3.63, 3.8) is 0 Å². The van der Waals surface area contributed by atoms with Crippen molar-refractivity contribution < 1.29 is 8.42 Å². The van der Waals surface area contributed by atoms with E-state index in [4.69, 9.17) is 0 Å². The van der Waals surface area contributed by atoms with Crippen molar-refractivity contribution in [1.82, 2.24) is 28.8 Å². The Kier molecular flexibility index (Phi) is 4.42. The molecular weight excluding hydrogens is 316 g/mol. The zero-order valence-corrected chi connectivity index (χ0v) is 14.0. The van der Waals surface area contributed by atoms with E-state index < -0.39 is 10.2 Å². The summed E-state index contributed by atoms with van der Waals surface area (Å²) in [5.41, 5.74) is 2.59. The van der Waals surface area contributed by atoms with Gasteiger partial charge in [0.15, 0.2) is 0 Å². The van der Waals surface area contributed by atoms with Crippen molar-refractivity contribution >= 4 is 10.2 Å². The fraction of sp³-hybridized carbons (Fsp3) is 0.500. The standard InChI is InChI=1S/C14H20N6O2S/c1-19(2)23(21,22)20-5-3-11(4-6-20)13-9-16-14(10-15-13)12-7-17-18-8-12/h7-11H,3-6H2,1-2H3,(H,17,18). The molecule has 0 saturated carbocycles. The number of rotatable bonds is 4. The van der Waals surface area contributed by atoms with Crippen LogP contribution in [-0.2, 0) is 10.2 Å². The van der Waals surface area contributed by atoms with Crippen LogP contribution in [0.15, 0.2) is 24.8 Å². The minimum absolute atomic E-state index is 0.245. The van der Waals surface area contributed by atoms with Crippen molar-refractivity contribution in [2.24, 2.45) is 0 Å². The number of aromatic nitrogens is 4. The van der Waals surface area contributed by atoms with Gasteiger partial charge in [0.1, 0.15) is 0 Å². The van der Waals surface area contributed by atoms with Gasteiger partial charge in [-0.05, 0) is 12.8 Å². The highest BCUT2D eigenvalue weighted by molar-refractivity contribution is 7.86. The van der Waals surface area contributed by atoms with Gasteiger partial charge in [0.05, 0.1) is 23.8 Å². The number of aromatic amines is 1. The average Bonchev–Trinajstić information content (AvgIpc) is 3.09. The highest BCUT2D eigenvalue weighted by atomic mass is 32.2. The van der Waals surface area contributed by atoms with E-state index >= 15 is 0 Å². The predicted molar refractivity (Wildman–Crippen MR) is 85.8 cm³/mol. The molecule has 1 fully saturated rings. The lowest BCUT2D eigenvalue weighted by atomic mass is 9.95. The van der Waals surface area contributed by atoms with E-state index in [9.17, 15) is 8.42 Å². The summed E-state index contributed by atoms with van der Waals surface area (Å²) in [6, 6.07) is 0. The molecule has 2 aromatic heterocycles. The number of hydrogen-bond acceptors (Lipinski definition) is 5. The van der Waals surface area contributed by atoms with Crippen molar-refractivity contribution in [2.45, 2.75) is 18.8 Å². The first-order valence-corrected chi connectivity index (χ1v) is 8.87. The van der Waals surface area contributed by atoms with Crippen LogP contribution in [0.3, 0.4) is 0 Å². The van der Waals surface area contributed by atoms with Crippen LogP contribution in [0.1, 0.15) is 24.5 Å². The second-order valence-electron chi connectivity index (χ2n) is 5.78. The molecule has 0 unspecified atom stereocenters. The van der Waals surface area contributed by atoms with Gasteiger partial charge in [-0.25, -0.2) is 0 Å². The van der Waals surface area contributed by atoms with Crippen LogP contribution in [0.4, 0.5) is 0 Å². The highest BCUT2D eigenvalue weighted by Crippen LogP contribution is 2.28. The number of nitrogens with one attached hydrogen (secondary N) is 1. The fourth-order valence-electron chi connectivity index (χ4n) is 2.70. The lowest BCUT2D eigenvalue weighted by Crippen LogP contribution is -2.44. The maximum absolute atomic E-state index is 12.1. The third-order valence-corrected chi connectivity index (χ3v) is 6.07. The third-order valence-electron chi connectivity index (χ3n) is 4.13. The molecule has 1 saturated heterocycles. The zero-order valence-electron chi connectivity index (χ0n) is 13.2. The maximum Gasteiger partial charge on any atom is 0.281 e. The predicted octanol–water partition coefficient (Wildman–Crippen LogP) is 0.852. The van der Waals surface area contributed by atoms with Gasteiger partial charge in [0, 0.05) is 51.1 Å². The molecule has 0 aromatic carbocycles. The Hall–Kier alpha value is -1.84. The van der Waals surface area contributed by atoms with Crippen molar-refractivity contribution in [1.29, 1.82) is 0 Å². The lowest BCUT2D eigenvalue weighted by Gasteiger charge is -2.32. The molecule has 23 heavy (non-hydrogen) atoms. The van der Waals surface area contributed by atoms with E-state index in [1.807, 2.05) is 0 Å². The molecule has 124 valence electrons. The Balaban J connectivity index is 1.66. The Morgan fingerprint density at radius 2 is 1.91 bits per heavy atom. The topological polar surface area (TPSA) is 95.1 Å². The molecule has 0 spiro atoms. The van der Waals surface area contributed by atoms with Crippen LogP contribution in [-0.4, -0.2) is 64.4 Å². The van der Waals surface area contributed by atoms with Crippen LogP contribution in [0.5, 0.6) is 0 Å². The van der Waals surface area contributed by atoms with Gasteiger partial charge in [0.2, 0.25) is 0 Å². The maximum atomic E-state index is 12.1. The van der Waals surface area contributed by atoms with Gasteiger partial charge in [-0.3, -0.25) is 15.1 Å². The minimum atomic E-state index is -3.32. The molecule has 9 heteroatoms. The fourth-order valence-corrected chi connectivity index (χ4v) is 3.84. The van der Waals surface area contributed by atoms with Gasteiger partial charge in [-0.15, -0.1) is 0 Å². The zero-order chi connectivity index (χ0) is 16.4. The summed E-state index contributed by atoms with van der Waals surface area (Å²) in [6.45, 7) is 1.02. The first-order valence-electron chi connectivity index (χ1n) is 7.47. The summed E-state index contributed by atoms with van der Waals surface area (Å²) >= 11 is 0. The second-order valence-corrected chi connectivity index (χ2v) is 7.92. The van der Waals surface area contributed by atoms with E-state index in [-0.39, 0.29) is 5.92 Å². The van der Waals surface area contributed by atoms with E-state index in [0.29, 0.717) is 13.1 Å². The van der Waals surface area contributed by atoms with Gasteiger partial charge in [-0.2, -0.15) is 22.1 Å². The summed E-state index contributed by atoms with van der Waals surface area (Å²) in [6.07, 6.45) is 8.51. The van der Waals surface area contributed by atoms with Crippen LogP contribution in [0, 0.1) is 0 Å². The molecule has 3 rings (SSSR count). The molecule has 0 atom stereocenters. The van der Waals surface area contributed by atoms with E-state index in [0.717, 1.165) is 29.8 Å². The highest BCUT2D eigenvalue weighted by Gasteiger charge is 2.30. The van der Waals surface area contributed by atoms with Gasteiger partial charge >= 0.3 is 0 Å². The van der Waals surface area contributed by atoms with Crippen molar-refractivity contribution in [2.75, 3.05) is 27.2 Å². The molecule has 1 aliphatic rings. The molecule has 2 aromatic rings. The first-order chi connectivity index (χ1) is 11.0. The van der Waals surface area contributed by atoms with E-state index in [2.05, 4.69) is 20.2 Å². The Morgan fingerprint density at radius 1 is 1.17 bits per heavy atom. The molecule has 0 aliphatic carbocycles. The minimum Gasteiger partial charge on any atom is -0.285 e. The second kappa shape index (κ2) is 6.34. The number of piperidine rings is 1. The normalized spacial score (nSPS) is 17.7. The largest absolute Gasteiger partial charge is 0.285 e. The molecular formula is C14H20N6O2S. The SMILES string of the molecule is CN(C)S(=O)(=O)N1CCC(c2cnc(-c3cn[nH]c3)cn2)CC1. The molecule has 1 aliphatic heterocycles. The van der Waals surface area contributed by atoms with Crippen LogP contribution < -0.4 is 0 Å². The Labute approximate surface area is 135 Å². The van der Waals surface area contributed by atoms with Crippen LogP contribution >= 0.6 is 0 Å². The molecule has 0 bridgehead atoms. The third kappa shape index (κ3) is 3.26. The molecule has 0 amide bonds. The summed E-state index contributed by atoms with van der Waals surface area (Å²) in [5.74, 6) is 0.245. The summed E-state index contributed by atoms with van der Waals surface area (Å²) in [4.78, 5) is 8.93. The van der Waals surface area contributed by atoms with Crippen molar-refractivity contribution in [3.05, 3.63) is 30.5 Å². The first kappa shape index (κ1) is 16.0. The number of nitrogens with zero attached hydrogens (tertiary/aromatic N) is 5. The molecule has 8 nitrogen and oxygen atoms in total. The van der Waals surface area contributed by atoms with E-state index in [1.165, 1.54) is 8.61 Å². The van der Waals surface area contributed by atoms with Crippen LogP contribution in [0.2, 0.25) is 0 Å². The molecule has 1 N–H and O–H groups in total. The molecule has 3 heterocycles. The van der Waals surface area contributed by atoms with Gasteiger partial charge in [0.25, 0.3) is 10.2 Å². The Morgan fingerprint density at radius 3 is 2.43 bits per heavy atom. The number of hydrogen-bond donors (Lipinski definition) is 1. The monoisotopic (exact) mass is 336 g/mol. The Bertz CT molecular complexity index is 734. The summed E-state index contributed by atoms with van der Waals surface area (Å²) in [5, 5.41) is 6.65. The van der Waals surface area contributed by atoms with Crippen molar-refractivity contribution in [3.8, 4) is 11.3 Å². The summed E-state index contributed by atoms with van der Waals surface area (Å²) < 4.78 is 27.0.